The summed E-state index contributed by atoms with van der Waals surface area (Å²) in [6.07, 6.45) is 9.67. The molecule has 30 heavy (non-hydrogen) atoms. The molecule has 7 heteroatoms. The summed E-state index contributed by atoms with van der Waals surface area (Å²) < 4.78 is 7.54. The van der Waals surface area contributed by atoms with Crippen LogP contribution in [-0.4, -0.2) is 31.3 Å². The summed E-state index contributed by atoms with van der Waals surface area (Å²) >= 11 is 0. The molecule has 0 unspecified atom stereocenters. The minimum atomic E-state index is 0.451. The second kappa shape index (κ2) is 8.16. The van der Waals surface area contributed by atoms with E-state index in [1.54, 1.807) is 12.4 Å². The first-order valence-electron chi connectivity index (χ1n) is 9.83. The van der Waals surface area contributed by atoms with Gasteiger partial charge in [0.15, 0.2) is 0 Å². The van der Waals surface area contributed by atoms with Crippen molar-refractivity contribution in [3.8, 4) is 22.6 Å². The Balaban J connectivity index is 1.52. The maximum Gasteiger partial charge on any atom is 0.251 e. The van der Waals surface area contributed by atoms with E-state index in [0.29, 0.717) is 5.89 Å². The first kappa shape index (κ1) is 18.1. The molecule has 0 atom stereocenters. The largest absolute Gasteiger partial charge is 0.423 e. The average molecular weight is 396 g/mol. The van der Waals surface area contributed by atoms with Gasteiger partial charge in [-0.3, -0.25) is 4.98 Å². The lowest BCUT2D eigenvalue weighted by Crippen LogP contribution is -2.07. The molecule has 0 bridgehead atoms. The third-order valence-corrected chi connectivity index (χ3v) is 5.02. The van der Waals surface area contributed by atoms with Gasteiger partial charge in [-0.15, -0.1) is 10.2 Å². The monoisotopic (exact) mass is 396 g/mol. The maximum absolute atomic E-state index is 5.47. The Morgan fingerprint density at radius 3 is 2.77 bits per heavy atom. The zero-order chi connectivity index (χ0) is 20.2. The minimum Gasteiger partial charge on any atom is -0.423 e. The number of nitrogens with zero attached hydrogens (tertiary/aromatic N) is 5. The van der Waals surface area contributed by atoms with Crippen molar-refractivity contribution in [1.29, 1.82) is 0 Å². The van der Waals surface area contributed by atoms with Crippen molar-refractivity contribution in [3.63, 3.8) is 0 Å². The Labute approximate surface area is 173 Å². The highest BCUT2D eigenvalue weighted by Gasteiger charge is 2.15. The van der Waals surface area contributed by atoms with E-state index in [2.05, 4.69) is 54.3 Å². The molecule has 0 radical (unpaired) electrons. The van der Waals surface area contributed by atoms with E-state index in [1.165, 1.54) is 6.39 Å². The fraction of sp³-hybridized carbons (Fsp3) is 0.130. The lowest BCUT2D eigenvalue weighted by atomic mass is 10.0. The number of hydrogen-bond donors (Lipinski definition) is 1. The van der Waals surface area contributed by atoms with Crippen LogP contribution in [0, 0.1) is 0 Å². The highest BCUT2D eigenvalue weighted by molar-refractivity contribution is 6.00. The van der Waals surface area contributed by atoms with Crippen LogP contribution in [0.2, 0.25) is 0 Å². The van der Waals surface area contributed by atoms with Gasteiger partial charge in [-0.05, 0) is 29.7 Å². The minimum absolute atomic E-state index is 0.451. The van der Waals surface area contributed by atoms with Crippen LogP contribution >= 0.6 is 0 Å². The Morgan fingerprint density at radius 1 is 1.03 bits per heavy atom. The topological polar surface area (TPSA) is 81.7 Å². The van der Waals surface area contributed by atoms with Crippen LogP contribution in [0.25, 0.3) is 33.5 Å². The average Bonchev–Trinajstić information content (AvgIpc) is 3.51. The van der Waals surface area contributed by atoms with Crippen molar-refractivity contribution in [2.75, 3.05) is 11.9 Å². The number of imidazole rings is 1. The fourth-order valence-electron chi connectivity index (χ4n) is 3.54. The van der Waals surface area contributed by atoms with Crippen LogP contribution in [-0.2, 0) is 6.54 Å². The standard InChI is InChI=1S/C23H20N6O/c1-2-5-17(6-3-1)18-7-8-21-19(13-18)22(20(14-26-21)23-28-27-16-30-23)25-9-4-11-29-12-10-24-15-29/h1-3,5-8,10,12-16H,4,9,11H2,(H,25,26). The van der Waals surface area contributed by atoms with E-state index in [4.69, 9.17) is 4.42 Å². The van der Waals surface area contributed by atoms with Gasteiger partial charge >= 0.3 is 0 Å². The molecule has 5 rings (SSSR count). The Morgan fingerprint density at radius 2 is 1.97 bits per heavy atom. The summed E-state index contributed by atoms with van der Waals surface area (Å²) in [5, 5.41) is 12.5. The molecule has 0 amide bonds. The van der Waals surface area contributed by atoms with Crippen LogP contribution in [0.5, 0.6) is 0 Å². The summed E-state index contributed by atoms with van der Waals surface area (Å²) in [6.45, 7) is 1.68. The van der Waals surface area contributed by atoms with Gasteiger partial charge in [0.1, 0.15) is 0 Å². The lowest BCUT2D eigenvalue weighted by Gasteiger charge is -2.14. The smallest absolute Gasteiger partial charge is 0.251 e. The number of aryl methyl sites for hydroxylation is 1. The van der Waals surface area contributed by atoms with E-state index >= 15 is 0 Å². The molecule has 1 N–H and O–H groups in total. The summed E-state index contributed by atoms with van der Waals surface area (Å²) in [5.41, 5.74) is 4.96. The Hall–Kier alpha value is -4.00. The van der Waals surface area contributed by atoms with Gasteiger partial charge in [-0.25, -0.2) is 4.98 Å². The van der Waals surface area contributed by atoms with Crippen molar-refractivity contribution in [1.82, 2.24) is 24.7 Å². The van der Waals surface area contributed by atoms with E-state index in [9.17, 15) is 0 Å². The summed E-state index contributed by atoms with van der Waals surface area (Å²) in [6, 6.07) is 16.6. The van der Waals surface area contributed by atoms with Gasteiger partial charge < -0.3 is 14.3 Å². The number of pyridine rings is 1. The normalized spacial score (nSPS) is 11.1. The molecule has 7 nitrogen and oxygen atoms in total. The van der Waals surface area contributed by atoms with Crippen molar-refractivity contribution in [3.05, 3.63) is 79.8 Å². The predicted octanol–water partition coefficient (Wildman–Crippen LogP) is 4.65. The number of nitrogens with one attached hydrogen (secondary N) is 1. The van der Waals surface area contributed by atoms with E-state index in [1.807, 2.05) is 36.8 Å². The molecule has 0 spiro atoms. The predicted molar refractivity (Wildman–Crippen MR) is 116 cm³/mol. The summed E-state index contributed by atoms with van der Waals surface area (Å²) in [5.74, 6) is 0.451. The molecule has 3 aromatic heterocycles. The van der Waals surface area contributed by atoms with Crippen LogP contribution in [0.3, 0.4) is 0 Å². The molecule has 2 aromatic carbocycles. The van der Waals surface area contributed by atoms with E-state index in [-0.39, 0.29) is 0 Å². The molecule has 3 heterocycles. The molecule has 0 saturated carbocycles. The van der Waals surface area contributed by atoms with Crippen molar-refractivity contribution in [2.45, 2.75) is 13.0 Å². The van der Waals surface area contributed by atoms with Crippen LogP contribution in [0.1, 0.15) is 6.42 Å². The van der Waals surface area contributed by atoms with Crippen LogP contribution in [0.15, 0.2) is 84.3 Å². The van der Waals surface area contributed by atoms with Crippen LogP contribution in [0.4, 0.5) is 5.69 Å². The van der Waals surface area contributed by atoms with Crippen molar-refractivity contribution < 1.29 is 4.42 Å². The number of fused-ring (bicyclic) bond motifs is 1. The molecular weight excluding hydrogens is 376 g/mol. The van der Waals surface area contributed by atoms with Gasteiger partial charge in [0.2, 0.25) is 6.39 Å². The first-order valence-corrected chi connectivity index (χ1v) is 9.83. The van der Waals surface area contributed by atoms with E-state index < -0.39 is 0 Å². The maximum atomic E-state index is 5.47. The zero-order valence-electron chi connectivity index (χ0n) is 16.3. The Bertz CT molecular complexity index is 1230. The molecule has 5 aromatic rings. The summed E-state index contributed by atoms with van der Waals surface area (Å²) in [7, 11) is 0. The molecule has 0 saturated heterocycles. The Kier molecular flexibility index (Phi) is 4.91. The molecular formula is C23H20N6O. The second-order valence-electron chi connectivity index (χ2n) is 6.97. The molecule has 148 valence electrons. The summed E-state index contributed by atoms with van der Waals surface area (Å²) in [4.78, 5) is 8.71. The first-order chi connectivity index (χ1) is 14.9. The number of anilines is 1. The third-order valence-electron chi connectivity index (χ3n) is 5.02. The SMILES string of the molecule is c1ccc(-c2ccc3ncc(-c4nnco4)c(NCCCn4ccnc4)c3c2)cc1. The number of benzene rings is 2. The number of hydrogen-bond acceptors (Lipinski definition) is 6. The molecule has 0 aliphatic carbocycles. The molecule has 0 fully saturated rings. The quantitative estimate of drug-likeness (QED) is 0.403. The van der Waals surface area contributed by atoms with Gasteiger partial charge in [0.25, 0.3) is 5.89 Å². The lowest BCUT2D eigenvalue weighted by molar-refractivity contribution is 0.568. The molecule has 0 aliphatic heterocycles. The highest BCUT2D eigenvalue weighted by atomic mass is 16.4. The number of rotatable bonds is 7. The highest BCUT2D eigenvalue weighted by Crippen LogP contribution is 2.35. The van der Waals surface area contributed by atoms with Gasteiger partial charge in [0.05, 0.1) is 23.1 Å². The molecule has 0 aliphatic rings. The van der Waals surface area contributed by atoms with E-state index in [0.717, 1.165) is 52.8 Å². The number of aromatic nitrogens is 5. The van der Waals surface area contributed by atoms with Crippen molar-refractivity contribution >= 4 is 16.6 Å². The zero-order valence-corrected chi connectivity index (χ0v) is 16.3. The van der Waals surface area contributed by atoms with Gasteiger partial charge in [-0.1, -0.05) is 36.4 Å². The fourth-order valence-corrected chi connectivity index (χ4v) is 3.54. The van der Waals surface area contributed by atoms with Gasteiger partial charge in [0, 0.05) is 37.1 Å². The third kappa shape index (κ3) is 3.65. The second-order valence-corrected chi connectivity index (χ2v) is 6.97. The van der Waals surface area contributed by atoms with Crippen LogP contribution < -0.4 is 5.32 Å². The van der Waals surface area contributed by atoms with Crippen molar-refractivity contribution in [2.24, 2.45) is 0 Å². The van der Waals surface area contributed by atoms with Gasteiger partial charge in [-0.2, -0.15) is 0 Å².